The molecule has 0 unspecified atom stereocenters. The number of carbonyl (C=O) groups excluding carboxylic acids is 1. The minimum absolute atomic E-state index is 0.188. The number of H-pyrrole nitrogens is 1. The van der Waals surface area contributed by atoms with Crippen molar-refractivity contribution >= 4 is 16.7 Å². The number of aromatic nitrogens is 1. The maximum absolute atomic E-state index is 13.0. The van der Waals surface area contributed by atoms with Crippen molar-refractivity contribution in [3.63, 3.8) is 0 Å². The van der Waals surface area contributed by atoms with Gasteiger partial charge in [-0.15, -0.1) is 0 Å². The van der Waals surface area contributed by atoms with Crippen LogP contribution in [0.2, 0.25) is 0 Å². The monoisotopic (exact) mass is 409 g/mol. The number of aromatic amines is 1. The first kappa shape index (κ1) is 19.7. The van der Waals surface area contributed by atoms with Crippen molar-refractivity contribution in [2.24, 2.45) is 0 Å². The Hall–Kier alpha value is -3.21. The Bertz CT molecular complexity index is 1110. The van der Waals surface area contributed by atoms with Gasteiger partial charge in [0.2, 0.25) is 0 Å². The van der Waals surface area contributed by atoms with Gasteiger partial charge in [0.05, 0.1) is 12.6 Å². The van der Waals surface area contributed by atoms with Crippen LogP contribution in [0.4, 0.5) is 0 Å². The molecule has 156 valence electrons. The van der Waals surface area contributed by atoms with Crippen LogP contribution in [0.15, 0.2) is 91.1 Å². The van der Waals surface area contributed by atoms with Gasteiger partial charge in [-0.25, -0.2) is 0 Å². The fraction of sp³-hybridized carbons (Fsp3) is 0.222. The summed E-state index contributed by atoms with van der Waals surface area (Å²) in [6.07, 6.45) is 1.85. The third kappa shape index (κ3) is 4.18. The van der Waals surface area contributed by atoms with Crippen LogP contribution in [0.3, 0.4) is 0 Å². The van der Waals surface area contributed by atoms with E-state index in [1.165, 1.54) is 11.1 Å². The molecule has 0 amide bonds. The summed E-state index contributed by atoms with van der Waals surface area (Å²) in [6.45, 7) is 4.14. The highest BCUT2D eigenvalue weighted by atomic mass is 16.1. The van der Waals surface area contributed by atoms with E-state index in [0.717, 1.165) is 42.6 Å². The first-order valence-electron chi connectivity index (χ1n) is 11.0. The molecule has 4 aromatic rings. The van der Waals surface area contributed by atoms with Crippen LogP contribution in [0.1, 0.15) is 27.5 Å². The number of para-hydroxylation sites is 1. The van der Waals surface area contributed by atoms with Gasteiger partial charge in [0, 0.05) is 48.8 Å². The first-order chi connectivity index (χ1) is 15.3. The van der Waals surface area contributed by atoms with Gasteiger partial charge in [-0.1, -0.05) is 78.9 Å². The molecule has 2 heterocycles. The lowest BCUT2D eigenvalue weighted by Crippen LogP contribution is -2.49. The molecule has 4 nitrogen and oxygen atoms in total. The van der Waals surface area contributed by atoms with Gasteiger partial charge in [-0.05, 0) is 17.2 Å². The molecule has 0 radical (unpaired) electrons. The number of piperazine rings is 1. The first-order valence-corrected chi connectivity index (χ1v) is 11.0. The van der Waals surface area contributed by atoms with Gasteiger partial charge in [-0.2, -0.15) is 0 Å². The number of rotatable bonds is 6. The Morgan fingerprint density at radius 3 is 2.00 bits per heavy atom. The standard InChI is InChI=1S/C27H27N3O/c31-26(24-19-28-25-14-8-7-13-23(24)25)20-29-15-17-30(18-16-29)27(21-9-3-1-4-10-21)22-11-5-2-6-12-22/h1-14,19,27-28H,15-18,20H2. The van der Waals surface area contributed by atoms with Crippen LogP contribution in [-0.2, 0) is 0 Å². The molecule has 0 bridgehead atoms. The van der Waals surface area contributed by atoms with Crippen molar-refractivity contribution < 1.29 is 4.79 Å². The van der Waals surface area contributed by atoms with E-state index in [2.05, 4.69) is 75.4 Å². The van der Waals surface area contributed by atoms with Crippen molar-refractivity contribution in [1.82, 2.24) is 14.8 Å². The van der Waals surface area contributed by atoms with Crippen LogP contribution in [0.5, 0.6) is 0 Å². The molecule has 0 atom stereocenters. The number of hydrogen-bond acceptors (Lipinski definition) is 3. The minimum Gasteiger partial charge on any atom is -0.360 e. The van der Waals surface area contributed by atoms with E-state index in [4.69, 9.17) is 0 Å². The van der Waals surface area contributed by atoms with Crippen LogP contribution in [0, 0.1) is 0 Å². The maximum atomic E-state index is 13.0. The lowest BCUT2D eigenvalue weighted by Gasteiger charge is -2.39. The second-order valence-corrected chi connectivity index (χ2v) is 8.21. The maximum Gasteiger partial charge on any atom is 0.178 e. The number of benzene rings is 3. The summed E-state index contributed by atoms with van der Waals surface area (Å²) >= 11 is 0. The lowest BCUT2D eigenvalue weighted by molar-refractivity contribution is 0.0809. The van der Waals surface area contributed by atoms with Crippen molar-refractivity contribution in [3.8, 4) is 0 Å². The van der Waals surface area contributed by atoms with Crippen LogP contribution in [-0.4, -0.2) is 53.3 Å². The SMILES string of the molecule is O=C(CN1CCN(C(c2ccccc2)c2ccccc2)CC1)c1c[nH]c2ccccc12. The number of nitrogens with zero attached hydrogens (tertiary/aromatic N) is 2. The minimum atomic E-state index is 0.188. The molecule has 1 aromatic heterocycles. The predicted octanol–water partition coefficient (Wildman–Crippen LogP) is 4.76. The summed E-state index contributed by atoms with van der Waals surface area (Å²) in [5.74, 6) is 0.188. The molecule has 0 spiro atoms. The van der Waals surface area contributed by atoms with Gasteiger partial charge in [0.25, 0.3) is 0 Å². The Kier molecular flexibility index (Phi) is 5.65. The number of ketones is 1. The van der Waals surface area contributed by atoms with Crippen molar-refractivity contribution in [3.05, 3.63) is 108 Å². The number of fused-ring (bicyclic) bond motifs is 1. The van der Waals surface area contributed by atoms with E-state index in [1.807, 2.05) is 30.5 Å². The predicted molar refractivity (Wildman–Crippen MR) is 125 cm³/mol. The lowest BCUT2D eigenvalue weighted by atomic mass is 9.96. The van der Waals surface area contributed by atoms with Crippen molar-refractivity contribution in [1.29, 1.82) is 0 Å². The summed E-state index contributed by atoms with van der Waals surface area (Å²) in [7, 11) is 0. The largest absolute Gasteiger partial charge is 0.360 e. The third-order valence-electron chi connectivity index (χ3n) is 6.26. The average Bonchev–Trinajstić information content (AvgIpc) is 3.26. The van der Waals surface area contributed by atoms with Crippen LogP contribution < -0.4 is 0 Å². The number of nitrogens with one attached hydrogen (secondary N) is 1. The molecular formula is C27H27N3O. The molecule has 1 fully saturated rings. The summed E-state index contributed by atoms with van der Waals surface area (Å²) < 4.78 is 0. The Morgan fingerprint density at radius 1 is 0.774 bits per heavy atom. The van der Waals surface area contributed by atoms with Crippen molar-refractivity contribution in [2.45, 2.75) is 6.04 Å². The average molecular weight is 410 g/mol. The van der Waals surface area contributed by atoms with Crippen molar-refractivity contribution in [2.75, 3.05) is 32.7 Å². The van der Waals surface area contributed by atoms with E-state index in [-0.39, 0.29) is 11.8 Å². The highest BCUT2D eigenvalue weighted by molar-refractivity contribution is 6.08. The van der Waals surface area contributed by atoms with Gasteiger partial charge in [0.15, 0.2) is 5.78 Å². The van der Waals surface area contributed by atoms with E-state index < -0.39 is 0 Å². The molecule has 31 heavy (non-hydrogen) atoms. The Morgan fingerprint density at radius 2 is 1.35 bits per heavy atom. The van der Waals surface area contributed by atoms with E-state index in [1.54, 1.807) is 0 Å². The molecule has 4 heteroatoms. The Balaban J connectivity index is 1.28. The van der Waals surface area contributed by atoms with E-state index in [9.17, 15) is 4.79 Å². The van der Waals surface area contributed by atoms with E-state index in [0.29, 0.717) is 6.54 Å². The number of Topliss-reactive ketones (excluding diaryl/α,β-unsaturated/α-hetero) is 1. The summed E-state index contributed by atoms with van der Waals surface area (Å²) in [5, 5.41) is 1.01. The number of carbonyl (C=O) groups is 1. The van der Waals surface area contributed by atoms with Gasteiger partial charge in [0.1, 0.15) is 0 Å². The van der Waals surface area contributed by atoms with Crippen LogP contribution in [0.25, 0.3) is 10.9 Å². The fourth-order valence-corrected chi connectivity index (χ4v) is 4.65. The molecule has 1 N–H and O–H groups in total. The third-order valence-corrected chi connectivity index (χ3v) is 6.26. The molecule has 1 aliphatic rings. The summed E-state index contributed by atoms with van der Waals surface area (Å²) in [4.78, 5) is 21.0. The second-order valence-electron chi connectivity index (χ2n) is 8.21. The normalized spacial score (nSPS) is 15.5. The number of hydrogen-bond donors (Lipinski definition) is 1. The van der Waals surface area contributed by atoms with Crippen LogP contribution >= 0.6 is 0 Å². The zero-order valence-corrected chi connectivity index (χ0v) is 17.6. The van der Waals surface area contributed by atoms with Gasteiger partial charge < -0.3 is 4.98 Å². The molecule has 0 saturated carbocycles. The topological polar surface area (TPSA) is 39.3 Å². The zero-order valence-electron chi connectivity index (χ0n) is 17.6. The molecule has 5 rings (SSSR count). The van der Waals surface area contributed by atoms with Gasteiger partial charge >= 0.3 is 0 Å². The summed E-state index contributed by atoms with van der Waals surface area (Å²) in [5.41, 5.74) is 4.45. The summed E-state index contributed by atoms with van der Waals surface area (Å²) in [6, 6.07) is 29.7. The zero-order chi connectivity index (χ0) is 21.0. The van der Waals surface area contributed by atoms with E-state index >= 15 is 0 Å². The Labute approximate surface area is 183 Å². The molecule has 1 saturated heterocycles. The fourth-order valence-electron chi connectivity index (χ4n) is 4.65. The molecular weight excluding hydrogens is 382 g/mol. The van der Waals surface area contributed by atoms with Gasteiger partial charge in [-0.3, -0.25) is 14.6 Å². The molecule has 0 aliphatic carbocycles. The second kappa shape index (κ2) is 8.88. The molecule has 3 aromatic carbocycles. The smallest absolute Gasteiger partial charge is 0.178 e. The quantitative estimate of drug-likeness (QED) is 0.467. The molecule has 1 aliphatic heterocycles. The highest BCUT2D eigenvalue weighted by Gasteiger charge is 2.27. The highest BCUT2D eigenvalue weighted by Crippen LogP contribution is 2.29.